The Morgan fingerprint density at radius 1 is 0.769 bits per heavy atom. The van der Waals surface area contributed by atoms with Gasteiger partial charge in [-0.3, -0.25) is 9.59 Å². The Morgan fingerprint density at radius 2 is 0.962 bits per heavy atom. The maximum absolute atomic E-state index is 10.9. The molecule has 0 aliphatic carbocycles. The van der Waals surface area contributed by atoms with Crippen LogP contribution in [0, 0.1) is 0 Å². The Labute approximate surface area is 175 Å². The number of aromatic carboxylic acids is 2. The first-order chi connectivity index (χ1) is 11.0. The molecule has 26 heavy (non-hydrogen) atoms. The maximum atomic E-state index is 10.9. The van der Waals surface area contributed by atoms with Gasteiger partial charge in [0.05, 0.1) is 11.9 Å². The normalized spacial score (nSPS) is 7.85. The van der Waals surface area contributed by atoms with Crippen LogP contribution in [0.2, 0.25) is 0 Å². The summed E-state index contributed by atoms with van der Waals surface area (Å²) in [6, 6.07) is 0.811. The van der Waals surface area contributed by atoms with E-state index in [1.807, 2.05) is 0 Å². The minimum Gasteiger partial charge on any atom is -0.872 e. The summed E-state index contributed by atoms with van der Waals surface area (Å²) < 4.78 is 0. The van der Waals surface area contributed by atoms with Gasteiger partial charge >= 0.3 is 39.0 Å². The summed E-state index contributed by atoms with van der Waals surface area (Å²) in [5, 5.41) is 42.3. The number of benzene rings is 1. The van der Waals surface area contributed by atoms with Crippen LogP contribution in [0.1, 0.15) is 20.7 Å². The van der Waals surface area contributed by atoms with Crippen molar-refractivity contribution in [2.24, 2.45) is 0 Å². The van der Waals surface area contributed by atoms with Crippen molar-refractivity contribution >= 4 is 24.8 Å². The number of hydrogen-bond donors (Lipinski definition) is 0. The van der Waals surface area contributed by atoms with E-state index in [0.29, 0.717) is 12.1 Å². The van der Waals surface area contributed by atoms with E-state index in [4.69, 9.17) is 0 Å². The smallest absolute Gasteiger partial charge is 0.872 e. The second-order valence-corrected chi connectivity index (χ2v) is 4.56. The van der Waals surface area contributed by atoms with Crippen LogP contribution in [-0.4, -0.2) is 62.7 Å². The second kappa shape index (κ2) is 16.4. The number of carbonyl (C=O) groups excluding carboxylic acids is 4. The van der Waals surface area contributed by atoms with Gasteiger partial charge < -0.3 is 39.8 Å². The fraction of sp³-hybridized carbons (Fsp3) is 0.286. The van der Waals surface area contributed by atoms with Crippen LogP contribution < -0.4 is 20.4 Å². The van der Waals surface area contributed by atoms with E-state index in [2.05, 4.69) is 0 Å². The molecule has 0 unspecified atom stereocenters. The average Bonchev–Trinajstić information content (AvgIpc) is 2.49. The van der Waals surface area contributed by atoms with Crippen LogP contribution in [0.4, 0.5) is 0 Å². The topological polar surface area (TPSA) is 167 Å². The molecule has 10 nitrogen and oxygen atoms in total. The molecule has 1 rings (SSSR count). The van der Waals surface area contributed by atoms with Crippen molar-refractivity contribution in [1.29, 1.82) is 0 Å². The van der Waals surface area contributed by atoms with Crippen molar-refractivity contribution < 1.29 is 78.6 Å². The van der Waals surface area contributed by atoms with E-state index >= 15 is 0 Å². The van der Waals surface area contributed by atoms with Gasteiger partial charge in [0.1, 0.15) is 0 Å². The summed E-state index contributed by atoms with van der Waals surface area (Å²) in [5.41, 5.74) is -1.72. The third kappa shape index (κ3) is 14.3. The van der Waals surface area contributed by atoms with Crippen molar-refractivity contribution in [3.8, 4) is 11.5 Å². The minimum atomic E-state index is -1.82. The molecule has 0 radical (unpaired) electrons. The van der Waals surface area contributed by atoms with Crippen molar-refractivity contribution in [1.82, 2.24) is 9.80 Å². The Kier molecular flexibility index (Phi) is 20.0. The van der Waals surface area contributed by atoms with Crippen LogP contribution in [0.5, 0.6) is 11.5 Å². The van der Waals surface area contributed by atoms with Gasteiger partial charge in [-0.05, 0) is 11.1 Å². The zero-order valence-electron chi connectivity index (χ0n) is 14.9. The van der Waals surface area contributed by atoms with Gasteiger partial charge in [0.25, 0.3) is 0 Å². The summed E-state index contributed by atoms with van der Waals surface area (Å²) >= 11 is 0. The molecule has 0 fully saturated rings. The third-order valence-corrected chi connectivity index (χ3v) is 1.94. The first-order valence-corrected chi connectivity index (χ1v) is 6.16. The number of carboxylic acids is 2. The van der Waals surface area contributed by atoms with Crippen LogP contribution in [0.3, 0.4) is 0 Å². The molecule has 12 heteroatoms. The van der Waals surface area contributed by atoms with Gasteiger partial charge in [-0.15, -0.1) is 0 Å². The van der Waals surface area contributed by atoms with Gasteiger partial charge in [-0.25, -0.2) is 0 Å². The van der Waals surface area contributed by atoms with E-state index in [9.17, 15) is 39.6 Å². The molecule has 1 aromatic rings. The number of nitrogens with zero attached hydrogens (tertiary/aromatic N) is 2. The monoisotopic (exact) mass is 468 g/mol. The van der Waals surface area contributed by atoms with Crippen LogP contribution >= 0.6 is 0 Å². The zero-order chi connectivity index (χ0) is 19.4. The van der Waals surface area contributed by atoms with E-state index in [1.165, 1.54) is 9.80 Å². The molecular weight excluding hydrogens is 455 g/mol. The maximum Gasteiger partial charge on any atom is 2.00 e. The van der Waals surface area contributed by atoms with Gasteiger partial charge in [0.2, 0.25) is 12.8 Å². The number of amides is 2. The number of carboxylic acid groups (broad SMARTS) is 2. The molecule has 0 aromatic heterocycles. The standard InChI is InChI=1S/C8H6O6.2C3H7NO.2Zn/c9-5-1-3(7(11)12)6(10)2-4(5)8(13)14;2*1-4(2)3-5;;/h1-2,9-10H,(H,11,12)(H,13,14);2*3H,1-2H3;;/q;;;2*+2/p-4. The number of carbonyl (C=O) groups is 4. The third-order valence-electron chi connectivity index (χ3n) is 1.94. The SMILES string of the molecule is CN(C)C=O.CN(C)C=O.O=C([O-])c1cc([O-])c(C(=O)[O-])cc1[O-].[Zn+2].[Zn+2]. The summed E-state index contributed by atoms with van der Waals surface area (Å²) in [5.74, 6) is -5.83. The molecule has 0 aliphatic heterocycles. The molecule has 0 saturated carbocycles. The van der Waals surface area contributed by atoms with Gasteiger partial charge in [0, 0.05) is 28.2 Å². The Hall–Kier alpha value is -2.05. The largest absolute Gasteiger partial charge is 2.00 e. The molecule has 0 saturated heterocycles. The number of rotatable bonds is 4. The fourth-order valence-corrected chi connectivity index (χ4v) is 0.879. The summed E-state index contributed by atoms with van der Waals surface area (Å²) in [6.45, 7) is 0. The van der Waals surface area contributed by atoms with Crippen molar-refractivity contribution in [3.05, 3.63) is 23.3 Å². The molecule has 0 spiro atoms. The fourth-order valence-electron chi connectivity index (χ4n) is 0.879. The van der Waals surface area contributed by atoms with Crippen LogP contribution in [-0.2, 0) is 48.5 Å². The first kappa shape index (κ1) is 31.7. The molecule has 0 bridgehead atoms. The summed E-state index contributed by atoms with van der Waals surface area (Å²) in [4.78, 5) is 42.2. The second-order valence-electron chi connectivity index (χ2n) is 4.56. The van der Waals surface area contributed by atoms with E-state index < -0.39 is 34.6 Å². The zero-order valence-corrected chi connectivity index (χ0v) is 20.8. The van der Waals surface area contributed by atoms with Crippen molar-refractivity contribution in [2.75, 3.05) is 28.2 Å². The van der Waals surface area contributed by atoms with Crippen molar-refractivity contribution in [3.63, 3.8) is 0 Å². The Balaban J connectivity index is -0.000000170. The summed E-state index contributed by atoms with van der Waals surface area (Å²) in [6.07, 6.45) is 1.50. The molecule has 0 heterocycles. The van der Waals surface area contributed by atoms with Gasteiger partial charge in [-0.2, -0.15) is 0 Å². The Morgan fingerprint density at radius 3 is 1.08 bits per heavy atom. The van der Waals surface area contributed by atoms with Crippen LogP contribution in [0.25, 0.3) is 0 Å². The van der Waals surface area contributed by atoms with E-state index in [1.54, 1.807) is 28.2 Å². The minimum absolute atomic E-state index is 0. The quantitative estimate of drug-likeness (QED) is 0.316. The predicted molar refractivity (Wildman–Crippen MR) is 73.5 cm³/mol. The van der Waals surface area contributed by atoms with Gasteiger partial charge in [-0.1, -0.05) is 23.6 Å². The molecule has 0 atom stereocenters. The first-order valence-electron chi connectivity index (χ1n) is 6.16. The predicted octanol–water partition coefficient (Wildman–Crippen LogP) is -4.04. The van der Waals surface area contributed by atoms with Crippen LogP contribution in [0.15, 0.2) is 12.1 Å². The molecule has 1 aromatic carbocycles. The molecule has 0 aliphatic rings. The molecule has 2 amide bonds. The molecule has 0 N–H and O–H groups in total. The van der Waals surface area contributed by atoms with E-state index in [-0.39, 0.29) is 39.0 Å². The Bertz CT molecular complexity index is 543. The molecular formula is C14H16N2O8Zn2. The van der Waals surface area contributed by atoms with E-state index in [0.717, 1.165) is 12.8 Å². The van der Waals surface area contributed by atoms with Crippen molar-refractivity contribution in [2.45, 2.75) is 0 Å². The number of hydrogen-bond acceptors (Lipinski definition) is 8. The van der Waals surface area contributed by atoms with Gasteiger partial charge in [0.15, 0.2) is 0 Å². The summed E-state index contributed by atoms with van der Waals surface area (Å²) in [7, 11) is 6.75. The average molecular weight is 471 g/mol. The molecule has 134 valence electrons.